The summed E-state index contributed by atoms with van der Waals surface area (Å²) in [5.74, 6) is -1.64. The van der Waals surface area contributed by atoms with E-state index in [1.165, 1.54) is 47.4 Å². The van der Waals surface area contributed by atoms with Crippen molar-refractivity contribution in [3.63, 3.8) is 0 Å². The zero-order chi connectivity index (χ0) is 26.7. The van der Waals surface area contributed by atoms with Crippen molar-refractivity contribution in [1.29, 1.82) is 0 Å². The van der Waals surface area contributed by atoms with E-state index < -0.39 is 41.4 Å². The Morgan fingerprint density at radius 2 is 1.86 bits per heavy atom. The Bertz CT molecular complexity index is 1420. The number of anilines is 1. The molecule has 1 fully saturated rings. The van der Waals surface area contributed by atoms with Crippen molar-refractivity contribution in [1.82, 2.24) is 4.98 Å². The van der Waals surface area contributed by atoms with Crippen molar-refractivity contribution in [2.45, 2.75) is 31.5 Å². The fourth-order valence-corrected chi connectivity index (χ4v) is 3.99. The zero-order valence-electron chi connectivity index (χ0n) is 19.2. The lowest BCUT2D eigenvalue weighted by atomic mass is 10.0. The maximum absolute atomic E-state index is 13.4. The number of aromatic nitrogens is 1. The lowest BCUT2D eigenvalue weighted by Gasteiger charge is -2.15. The van der Waals surface area contributed by atoms with Crippen LogP contribution in [-0.2, 0) is 25.2 Å². The van der Waals surface area contributed by atoms with Crippen LogP contribution in [-0.4, -0.2) is 47.4 Å². The third-order valence-corrected chi connectivity index (χ3v) is 5.74. The Kier molecular flexibility index (Phi) is 7.18. The van der Waals surface area contributed by atoms with E-state index in [2.05, 4.69) is 4.98 Å². The quantitative estimate of drug-likeness (QED) is 0.425. The number of esters is 1. The Labute approximate surface area is 207 Å². The fraction of sp³-hybridized carbons (Fsp3) is 0.280. The molecule has 3 aromatic rings. The number of amides is 1. The van der Waals surface area contributed by atoms with Crippen LogP contribution in [0.5, 0.6) is 0 Å². The molecule has 1 amide bonds. The van der Waals surface area contributed by atoms with Gasteiger partial charge < -0.3 is 19.6 Å². The topological polar surface area (TPSA) is 126 Å². The van der Waals surface area contributed by atoms with Crippen molar-refractivity contribution in [2.24, 2.45) is 0 Å². The van der Waals surface area contributed by atoms with E-state index in [0.29, 0.717) is 11.1 Å². The summed E-state index contributed by atoms with van der Waals surface area (Å²) < 4.78 is 50.6. The molecule has 4 rings (SSSR count). The van der Waals surface area contributed by atoms with Crippen LogP contribution in [0.15, 0.2) is 53.3 Å². The zero-order valence-corrected chi connectivity index (χ0v) is 19.2. The minimum absolute atomic E-state index is 0.00370. The molecule has 0 aliphatic carbocycles. The molecule has 194 valence electrons. The number of carbonyl (C=O) groups is 3. The third kappa shape index (κ3) is 5.90. The number of alkyl halides is 3. The number of nitrogens with zero attached hydrogens (tertiary/aromatic N) is 1. The Morgan fingerprint density at radius 1 is 1.11 bits per heavy atom. The molecule has 1 aliphatic rings. The van der Waals surface area contributed by atoms with Gasteiger partial charge in [-0.2, -0.15) is 13.2 Å². The average molecular weight is 518 g/mol. The molecule has 0 saturated carbocycles. The van der Waals surface area contributed by atoms with Crippen molar-refractivity contribution in [2.75, 3.05) is 18.1 Å². The van der Waals surface area contributed by atoms with Gasteiger partial charge in [-0.25, -0.2) is 4.79 Å². The molecule has 2 heterocycles. The summed E-state index contributed by atoms with van der Waals surface area (Å²) in [5.41, 5.74) is -1.35. The summed E-state index contributed by atoms with van der Waals surface area (Å²) in [5, 5.41) is 9.14. The van der Waals surface area contributed by atoms with Gasteiger partial charge in [0.15, 0.2) is 6.10 Å². The number of aromatic amines is 1. The van der Waals surface area contributed by atoms with Gasteiger partial charge in [0.2, 0.25) is 0 Å². The molecule has 1 aliphatic heterocycles. The largest absolute Gasteiger partial charge is 0.481 e. The normalized spacial score (nSPS) is 15.6. The van der Waals surface area contributed by atoms with Gasteiger partial charge in [0.1, 0.15) is 6.61 Å². The van der Waals surface area contributed by atoms with E-state index >= 15 is 0 Å². The molecule has 1 saturated heterocycles. The third-order valence-electron chi connectivity index (χ3n) is 5.74. The number of H-pyrrole nitrogens is 1. The van der Waals surface area contributed by atoms with E-state index in [1.807, 2.05) is 0 Å². The number of fused-ring (bicyclic) bond motifs is 1. The van der Waals surface area contributed by atoms with Gasteiger partial charge in [-0.3, -0.25) is 19.3 Å². The standard InChI is InChI=1S/C25H21F3N2O7/c26-25(27,28)19-5-2-1-4-17(19)20-10-14-8-9-15(11-18(14)23(34)29-20)30-12-16(37-24(30)35)13-36-22(33)7-3-6-21(31)32/h1-2,4-5,8-11,16H,3,6-7,12-13H2,(H,29,34)(H,31,32)/t16-/m1/s1. The van der Waals surface area contributed by atoms with Crippen LogP contribution in [0.2, 0.25) is 0 Å². The van der Waals surface area contributed by atoms with Gasteiger partial charge in [0.05, 0.1) is 12.1 Å². The first-order valence-electron chi connectivity index (χ1n) is 11.2. The monoisotopic (exact) mass is 518 g/mol. The maximum atomic E-state index is 13.4. The molecule has 0 bridgehead atoms. The van der Waals surface area contributed by atoms with E-state index in [1.54, 1.807) is 0 Å². The summed E-state index contributed by atoms with van der Waals surface area (Å²) >= 11 is 0. The summed E-state index contributed by atoms with van der Waals surface area (Å²) in [6, 6.07) is 10.8. The van der Waals surface area contributed by atoms with Gasteiger partial charge in [-0.15, -0.1) is 0 Å². The molecule has 9 nitrogen and oxygen atoms in total. The van der Waals surface area contributed by atoms with Crippen LogP contribution in [0.25, 0.3) is 22.0 Å². The molecule has 1 atom stereocenters. The SMILES string of the molecule is O=C(O)CCCC(=O)OC[C@H]1CN(c2ccc3cc(-c4ccccc4C(F)(F)F)[nH]c(=O)c3c2)C(=O)O1. The molecular weight excluding hydrogens is 497 g/mol. The van der Waals surface area contributed by atoms with E-state index in [0.717, 1.165) is 6.07 Å². The van der Waals surface area contributed by atoms with Crippen LogP contribution in [0.4, 0.5) is 23.7 Å². The van der Waals surface area contributed by atoms with Crippen LogP contribution in [0.1, 0.15) is 24.8 Å². The highest BCUT2D eigenvalue weighted by Crippen LogP contribution is 2.36. The number of ether oxygens (including phenoxy) is 2. The number of hydrogen-bond acceptors (Lipinski definition) is 6. The van der Waals surface area contributed by atoms with Gasteiger partial charge >= 0.3 is 24.2 Å². The number of benzene rings is 2. The number of rotatable bonds is 8. The van der Waals surface area contributed by atoms with Crippen molar-refractivity contribution >= 4 is 34.5 Å². The molecule has 12 heteroatoms. The first-order chi connectivity index (χ1) is 17.5. The van der Waals surface area contributed by atoms with E-state index in [9.17, 15) is 32.3 Å². The van der Waals surface area contributed by atoms with Gasteiger partial charge in [0, 0.05) is 35.2 Å². The summed E-state index contributed by atoms with van der Waals surface area (Å²) in [4.78, 5) is 51.1. The predicted octanol–water partition coefficient (Wildman–Crippen LogP) is 4.34. The minimum atomic E-state index is -4.61. The molecule has 1 aromatic heterocycles. The number of carboxylic acids is 1. The van der Waals surface area contributed by atoms with E-state index in [4.69, 9.17) is 14.6 Å². The second-order valence-electron chi connectivity index (χ2n) is 8.37. The maximum Gasteiger partial charge on any atom is 0.417 e. The highest BCUT2D eigenvalue weighted by atomic mass is 19.4. The lowest BCUT2D eigenvalue weighted by molar-refractivity contribution is -0.146. The minimum Gasteiger partial charge on any atom is -0.481 e. The molecule has 37 heavy (non-hydrogen) atoms. The van der Waals surface area contributed by atoms with Gasteiger partial charge in [0.25, 0.3) is 5.56 Å². The molecule has 0 unspecified atom stereocenters. The average Bonchev–Trinajstić information content (AvgIpc) is 3.22. The van der Waals surface area contributed by atoms with Crippen LogP contribution in [0.3, 0.4) is 0 Å². The van der Waals surface area contributed by atoms with Gasteiger partial charge in [-0.05, 0) is 36.1 Å². The lowest BCUT2D eigenvalue weighted by Crippen LogP contribution is -2.26. The smallest absolute Gasteiger partial charge is 0.417 e. The van der Waals surface area contributed by atoms with Crippen LogP contribution < -0.4 is 10.5 Å². The number of aliphatic carboxylic acids is 1. The number of hydrogen-bond donors (Lipinski definition) is 2. The summed E-state index contributed by atoms with van der Waals surface area (Å²) in [7, 11) is 0. The number of nitrogens with one attached hydrogen (secondary N) is 1. The molecule has 0 spiro atoms. The fourth-order valence-electron chi connectivity index (χ4n) is 3.99. The van der Waals surface area contributed by atoms with Crippen LogP contribution in [0, 0.1) is 0 Å². The first kappa shape index (κ1) is 25.7. The number of carbonyl (C=O) groups excluding carboxylic acids is 2. The second-order valence-corrected chi connectivity index (χ2v) is 8.37. The molecule has 2 aromatic carbocycles. The molecule has 2 N–H and O–H groups in total. The number of halogens is 3. The van der Waals surface area contributed by atoms with Crippen molar-refractivity contribution in [3.8, 4) is 11.3 Å². The number of carboxylic acid groups (broad SMARTS) is 1. The van der Waals surface area contributed by atoms with Crippen LogP contribution >= 0.6 is 0 Å². The number of pyridine rings is 1. The first-order valence-corrected chi connectivity index (χ1v) is 11.2. The second kappa shape index (κ2) is 10.3. The summed E-state index contributed by atoms with van der Waals surface area (Å²) in [6.07, 6.45) is -6.23. The molecular formula is C25H21F3N2O7. The van der Waals surface area contributed by atoms with Gasteiger partial charge in [-0.1, -0.05) is 24.3 Å². The Balaban J connectivity index is 1.50. The number of cyclic esters (lactones) is 1. The highest BCUT2D eigenvalue weighted by Gasteiger charge is 2.35. The predicted molar refractivity (Wildman–Crippen MR) is 125 cm³/mol. The summed E-state index contributed by atoms with van der Waals surface area (Å²) in [6.45, 7) is -0.189. The van der Waals surface area contributed by atoms with Crippen molar-refractivity contribution in [3.05, 3.63) is 64.4 Å². The van der Waals surface area contributed by atoms with E-state index in [-0.39, 0.29) is 49.1 Å². The van der Waals surface area contributed by atoms with Crippen molar-refractivity contribution < 1.29 is 42.1 Å². The molecule has 0 radical (unpaired) electrons. The highest BCUT2D eigenvalue weighted by molar-refractivity contribution is 5.94. The Morgan fingerprint density at radius 3 is 2.59 bits per heavy atom. The Hall–Kier alpha value is -4.35.